The molecule has 0 aromatic carbocycles. The topological polar surface area (TPSA) is 42.3 Å². The summed E-state index contributed by atoms with van der Waals surface area (Å²) in [5.41, 5.74) is 2.02. The lowest BCUT2D eigenvalue weighted by Crippen LogP contribution is -2.04. The fraction of sp³-hybridized carbons (Fsp3) is 0.500. The summed E-state index contributed by atoms with van der Waals surface area (Å²) in [7, 11) is -2.20. The van der Waals surface area contributed by atoms with Gasteiger partial charge in [0.25, 0.3) is 0 Å². The minimum absolute atomic E-state index is 0.698. The van der Waals surface area contributed by atoms with Gasteiger partial charge in [-0.05, 0) is 31.4 Å². The maximum atomic E-state index is 12.3. The van der Waals surface area contributed by atoms with Gasteiger partial charge in [0.1, 0.15) is 0 Å². The third kappa shape index (κ3) is 1.54. The minimum Gasteiger partial charge on any atom is -0.260 e. The molecule has 0 aliphatic carbocycles. The van der Waals surface area contributed by atoms with E-state index in [1.165, 1.54) is 0 Å². The van der Waals surface area contributed by atoms with Gasteiger partial charge in [0.05, 0.1) is 20.3 Å². The highest BCUT2D eigenvalue weighted by Gasteiger charge is 2.17. The molecule has 1 aromatic rings. The number of aryl methyl sites for hydroxylation is 2. The molecular formula is C10H14N2OS. The molecule has 0 bridgehead atoms. The van der Waals surface area contributed by atoms with Gasteiger partial charge >= 0.3 is 0 Å². The van der Waals surface area contributed by atoms with Crippen LogP contribution in [0.4, 0.5) is 0 Å². The molecule has 1 atom stereocenters. The molecule has 14 heavy (non-hydrogen) atoms. The Morgan fingerprint density at radius 3 is 3.07 bits per heavy atom. The first kappa shape index (κ1) is 9.65. The Morgan fingerprint density at radius 1 is 1.50 bits per heavy atom. The van der Waals surface area contributed by atoms with E-state index in [1.807, 2.05) is 13.0 Å². The van der Waals surface area contributed by atoms with E-state index in [2.05, 4.69) is 9.35 Å². The van der Waals surface area contributed by atoms with Crippen molar-refractivity contribution in [3.63, 3.8) is 0 Å². The fourth-order valence-electron chi connectivity index (χ4n) is 1.89. The molecule has 1 aromatic heterocycles. The Bertz CT molecular complexity index is 473. The van der Waals surface area contributed by atoms with E-state index in [0.29, 0.717) is 6.54 Å². The number of rotatable bonds is 0. The van der Waals surface area contributed by atoms with Gasteiger partial charge in [-0.15, -0.1) is 0 Å². The predicted octanol–water partition coefficient (Wildman–Crippen LogP) is 1.79. The summed E-state index contributed by atoms with van der Waals surface area (Å²) in [5, 5.41) is 0. The second kappa shape index (κ2) is 3.35. The van der Waals surface area contributed by atoms with Crippen LogP contribution in [-0.2, 0) is 16.1 Å². The van der Waals surface area contributed by atoms with Gasteiger partial charge in [-0.1, -0.05) is 0 Å². The van der Waals surface area contributed by atoms with E-state index in [-0.39, 0.29) is 0 Å². The standard InChI is InChI=1S/C10H14N2OS/c1-8-10-9(5-7-11-8)4-3-6-12-14(10,2)13/h5,7H,3-4,6H2,1-2H3. The number of aromatic nitrogens is 1. The van der Waals surface area contributed by atoms with Crippen molar-refractivity contribution in [1.82, 2.24) is 4.98 Å². The van der Waals surface area contributed by atoms with Crippen molar-refractivity contribution >= 4 is 9.73 Å². The highest BCUT2D eigenvalue weighted by molar-refractivity contribution is 7.93. The van der Waals surface area contributed by atoms with Gasteiger partial charge < -0.3 is 0 Å². The normalized spacial score (nSPS) is 26.1. The van der Waals surface area contributed by atoms with Gasteiger partial charge in [-0.3, -0.25) is 4.98 Å². The monoisotopic (exact) mass is 210 g/mol. The summed E-state index contributed by atoms with van der Waals surface area (Å²) in [6.45, 7) is 2.60. The Balaban J connectivity index is 2.77. The van der Waals surface area contributed by atoms with Crippen LogP contribution in [-0.4, -0.2) is 22.0 Å². The summed E-state index contributed by atoms with van der Waals surface area (Å²) >= 11 is 0. The molecule has 1 unspecified atom stereocenters. The van der Waals surface area contributed by atoms with Gasteiger partial charge in [0.2, 0.25) is 0 Å². The van der Waals surface area contributed by atoms with Crippen LogP contribution in [0.3, 0.4) is 0 Å². The smallest absolute Gasteiger partial charge is 0.0743 e. The molecule has 3 nitrogen and oxygen atoms in total. The Morgan fingerprint density at radius 2 is 2.29 bits per heavy atom. The van der Waals surface area contributed by atoms with Crippen LogP contribution in [0, 0.1) is 6.92 Å². The first-order valence-electron chi connectivity index (χ1n) is 4.74. The average molecular weight is 210 g/mol. The molecule has 1 aliphatic heterocycles. The number of hydrogen-bond acceptors (Lipinski definition) is 3. The third-order valence-electron chi connectivity index (χ3n) is 2.48. The van der Waals surface area contributed by atoms with E-state index >= 15 is 0 Å². The lowest BCUT2D eigenvalue weighted by Gasteiger charge is -2.09. The summed E-state index contributed by atoms with van der Waals surface area (Å²) < 4.78 is 16.5. The molecule has 2 heterocycles. The quantitative estimate of drug-likeness (QED) is 0.655. The van der Waals surface area contributed by atoms with Crippen LogP contribution in [0.5, 0.6) is 0 Å². The van der Waals surface area contributed by atoms with E-state index in [9.17, 15) is 4.21 Å². The van der Waals surface area contributed by atoms with E-state index < -0.39 is 9.73 Å². The first-order valence-corrected chi connectivity index (χ1v) is 6.66. The summed E-state index contributed by atoms with van der Waals surface area (Å²) in [5.74, 6) is 0. The van der Waals surface area contributed by atoms with E-state index in [1.54, 1.807) is 12.5 Å². The third-order valence-corrected chi connectivity index (χ3v) is 4.48. The van der Waals surface area contributed by atoms with E-state index in [4.69, 9.17) is 0 Å². The maximum absolute atomic E-state index is 12.3. The van der Waals surface area contributed by atoms with Crippen LogP contribution in [0.15, 0.2) is 21.5 Å². The van der Waals surface area contributed by atoms with Gasteiger partial charge in [0.15, 0.2) is 0 Å². The zero-order valence-electron chi connectivity index (χ0n) is 8.49. The predicted molar refractivity (Wildman–Crippen MR) is 56.9 cm³/mol. The summed E-state index contributed by atoms with van der Waals surface area (Å²) in [4.78, 5) is 5.06. The van der Waals surface area contributed by atoms with Crippen molar-refractivity contribution < 1.29 is 4.21 Å². The van der Waals surface area contributed by atoms with Crippen molar-refractivity contribution in [2.45, 2.75) is 24.7 Å². The second-order valence-corrected chi connectivity index (χ2v) is 5.91. The molecular weight excluding hydrogens is 196 g/mol. The Labute approximate surface area is 84.7 Å². The lowest BCUT2D eigenvalue weighted by molar-refractivity contribution is 0.678. The van der Waals surface area contributed by atoms with Gasteiger partial charge in [0, 0.05) is 19.0 Å². The fourth-order valence-corrected chi connectivity index (χ4v) is 3.76. The highest BCUT2D eigenvalue weighted by Crippen LogP contribution is 2.24. The molecule has 0 N–H and O–H groups in total. The number of fused-ring (bicyclic) bond motifs is 1. The molecule has 0 radical (unpaired) electrons. The summed E-state index contributed by atoms with van der Waals surface area (Å²) in [6.07, 6.45) is 5.45. The molecule has 76 valence electrons. The Hall–Kier alpha value is -0.900. The number of pyridine rings is 1. The molecule has 0 fully saturated rings. The molecule has 1 aliphatic rings. The molecule has 0 amide bonds. The second-order valence-electron chi connectivity index (χ2n) is 3.64. The summed E-state index contributed by atoms with van der Waals surface area (Å²) in [6, 6.07) is 1.96. The van der Waals surface area contributed by atoms with Crippen LogP contribution >= 0.6 is 0 Å². The zero-order valence-corrected chi connectivity index (χ0v) is 9.30. The first-order chi connectivity index (χ1) is 6.61. The van der Waals surface area contributed by atoms with Gasteiger partial charge in [-0.2, -0.15) is 0 Å². The van der Waals surface area contributed by atoms with Crippen molar-refractivity contribution in [3.8, 4) is 0 Å². The SMILES string of the molecule is Cc1nccc2c1S(C)(=O)=NCCC2. The molecule has 4 heteroatoms. The van der Waals surface area contributed by atoms with Crippen molar-refractivity contribution in [1.29, 1.82) is 0 Å². The molecule has 2 rings (SSSR count). The Kier molecular flexibility index (Phi) is 2.31. The average Bonchev–Trinajstić information content (AvgIpc) is 2.25. The molecule has 0 spiro atoms. The number of nitrogens with zero attached hydrogens (tertiary/aromatic N) is 2. The van der Waals surface area contributed by atoms with Gasteiger partial charge in [-0.25, -0.2) is 8.57 Å². The van der Waals surface area contributed by atoms with Crippen LogP contribution in [0.1, 0.15) is 17.7 Å². The number of hydrogen-bond donors (Lipinski definition) is 0. The van der Waals surface area contributed by atoms with E-state index in [0.717, 1.165) is 29.0 Å². The zero-order chi connectivity index (χ0) is 10.2. The van der Waals surface area contributed by atoms with Crippen molar-refractivity contribution in [2.75, 3.05) is 12.8 Å². The van der Waals surface area contributed by atoms with Crippen molar-refractivity contribution in [3.05, 3.63) is 23.5 Å². The van der Waals surface area contributed by atoms with Crippen molar-refractivity contribution in [2.24, 2.45) is 4.36 Å². The maximum Gasteiger partial charge on any atom is 0.0743 e. The van der Waals surface area contributed by atoms with Crippen LogP contribution in [0.25, 0.3) is 0 Å². The highest BCUT2D eigenvalue weighted by atomic mass is 32.2. The lowest BCUT2D eigenvalue weighted by atomic mass is 10.1. The minimum atomic E-state index is -2.20. The van der Waals surface area contributed by atoms with Crippen LogP contribution in [0.2, 0.25) is 0 Å². The molecule has 0 saturated heterocycles. The largest absolute Gasteiger partial charge is 0.260 e. The molecule has 0 saturated carbocycles. The van der Waals surface area contributed by atoms with Crippen LogP contribution < -0.4 is 0 Å².